The Labute approximate surface area is 190 Å². The minimum Gasteiger partial charge on any atom is -0.493 e. The molecule has 0 unspecified atom stereocenters. The van der Waals surface area contributed by atoms with E-state index in [0.29, 0.717) is 0 Å². The monoisotopic (exact) mass is 440 g/mol. The summed E-state index contributed by atoms with van der Waals surface area (Å²) in [5.41, 5.74) is 2.88. The number of hydrogen-bond donors (Lipinski definition) is 0. The molecule has 0 radical (unpaired) electrons. The van der Waals surface area contributed by atoms with Gasteiger partial charge in [-0.15, -0.1) is 0 Å². The maximum atomic E-state index is 13.1. The van der Waals surface area contributed by atoms with Crippen LogP contribution < -0.4 is 9.47 Å². The van der Waals surface area contributed by atoms with E-state index in [1.165, 1.54) is 17.7 Å². The van der Waals surface area contributed by atoms with Crippen LogP contribution >= 0.6 is 0 Å². The maximum absolute atomic E-state index is 13.1. The first-order chi connectivity index (χ1) is 15.5. The number of ether oxygens (including phenoxy) is 2. The van der Waals surface area contributed by atoms with Crippen LogP contribution in [0.1, 0.15) is 30.4 Å². The van der Waals surface area contributed by atoms with Gasteiger partial charge in [0, 0.05) is 25.2 Å². The second-order valence-corrected chi connectivity index (χ2v) is 8.21. The maximum Gasteiger partial charge on any atom is 0.249 e. The number of rotatable bonds is 10. The van der Waals surface area contributed by atoms with Gasteiger partial charge in [0.15, 0.2) is 11.5 Å². The highest BCUT2D eigenvalue weighted by molar-refractivity contribution is 5.98. The molecule has 0 atom stereocenters. The van der Waals surface area contributed by atoms with Crippen molar-refractivity contribution in [2.24, 2.45) is 0 Å². The van der Waals surface area contributed by atoms with Crippen molar-refractivity contribution in [2.45, 2.75) is 25.7 Å². The molecule has 1 fully saturated rings. The molecular weight excluding hydrogens is 407 g/mol. The lowest BCUT2D eigenvalue weighted by molar-refractivity contribution is -0.128. The summed E-state index contributed by atoms with van der Waals surface area (Å²) in [6, 6.07) is 12.3. The van der Waals surface area contributed by atoms with Crippen molar-refractivity contribution in [1.29, 1.82) is 0 Å². The molecule has 32 heavy (non-hydrogen) atoms. The first kappa shape index (κ1) is 23.8. The molecule has 0 saturated carbocycles. The zero-order valence-electron chi connectivity index (χ0n) is 19.3. The van der Waals surface area contributed by atoms with E-state index in [2.05, 4.69) is 18.0 Å². The van der Waals surface area contributed by atoms with Gasteiger partial charge >= 0.3 is 0 Å². The van der Waals surface area contributed by atoms with Crippen molar-refractivity contribution < 1.29 is 18.7 Å². The Morgan fingerprint density at radius 2 is 1.81 bits per heavy atom. The van der Waals surface area contributed by atoms with Crippen molar-refractivity contribution in [3.05, 3.63) is 65.0 Å². The fraction of sp³-hybridized carbons (Fsp3) is 0.423. The zero-order chi connectivity index (χ0) is 22.9. The van der Waals surface area contributed by atoms with E-state index in [1.807, 2.05) is 23.1 Å². The molecule has 3 rings (SSSR count). The third-order valence-electron chi connectivity index (χ3n) is 5.84. The average Bonchev–Trinajstić information content (AvgIpc) is 2.81. The van der Waals surface area contributed by atoms with Crippen LogP contribution in [0.4, 0.5) is 4.39 Å². The van der Waals surface area contributed by atoms with E-state index >= 15 is 0 Å². The standard InChI is InChI=1S/C26H33FN2O3/c1-28(17-13-21-9-12-24(31-2)25(19-21)32-3)14-5-16-29-15-4-6-22(26(29)30)18-20-7-10-23(27)11-8-20/h7-12,18-19H,4-6,13-17H2,1-3H3/b22-18+. The van der Waals surface area contributed by atoms with Gasteiger partial charge in [-0.3, -0.25) is 4.79 Å². The van der Waals surface area contributed by atoms with Crippen LogP contribution in [0.2, 0.25) is 0 Å². The Balaban J connectivity index is 1.45. The second-order valence-electron chi connectivity index (χ2n) is 8.21. The van der Waals surface area contributed by atoms with E-state index < -0.39 is 0 Å². The van der Waals surface area contributed by atoms with E-state index in [1.54, 1.807) is 26.4 Å². The lowest BCUT2D eigenvalue weighted by Crippen LogP contribution is -2.38. The third-order valence-corrected chi connectivity index (χ3v) is 5.84. The Hall–Kier alpha value is -2.86. The molecule has 2 aromatic rings. The number of carbonyl (C=O) groups is 1. The van der Waals surface area contributed by atoms with Crippen LogP contribution in [0.3, 0.4) is 0 Å². The summed E-state index contributed by atoms with van der Waals surface area (Å²) in [5.74, 6) is 1.33. The van der Waals surface area contributed by atoms with Gasteiger partial charge in [0.2, 0.25) is 5.91 Å². The van der Waals surface area contributed by atoms with E-state index in [4.69, 9.17) is 9.47 Å². The number of amides is 1. The molecule has 0 aliphatic carbocycles. The smallest absolute Gasteiger partial charge is 0.249 e. The molecule has 1 amide bonds. The topological polar surface area (TPSA) is 42.0 Å². The van der Waals surface area contributed by atoms with Crippen LogP contribution in [-0.4, -0.2) is 63.2 Å². The van der Waals surface area contributed by atoms with Crippen LogP contribution in [0, 0.1) is 5.82 Å². The molecule has 0 N–H and O–H groups in total. The van der Waals surface area contributed by atoms with Crippen molar-refractivity contribution in [3.63, 3.8) is 0 Å². The van der Waals surface area contributed by atoms with Gasteiger partial charge in [-0.2, -0.15) is 0 Å². The number of likely N-dealkylation sites (tertiary alicyclic amines) is 1. The van der Waals surface area contributed by atoms with Crippen LogP contribution in [0.5, 0.6) is 11.5 Å². The highest BCUT2D eigenvalue weighted by Gasteiger charge is 2.22. The molecule has 172 valence electrons. The van der Waals surface area contributed by atoms with Crippen molar-refractivity contribution >= 4 is 12.0 Å². The van der Waals surface area contributed by atoms with Crippen LogP contribution in [0.25, 0.3) is 6.08 Å². The SMILES string of the molecule is COc1ccc(CCN(C)CCCN2CCC/C(=C\c3ccc(F)cc3)C2=O)cc1OC. The number of benzene rings is 2. The largest absolute Gasteiger partial charge is 0.493 e. The van der Waals surface area contributed by atoms with E-state index in [-0.39, 0.29) is 11.7 Å². The molecule has 1 saturated heterocycles. The number of halogens is 1. The lowest BCUT2D eigenvalue weighted by Gasteiger charge is -2.29. The number of nitrogens with zero attached hydrogens (tertiary/aromatic N) is 2. The van der Waals surface area contributed by atoms with Crippen molar-refractivity contribution in [1.82, 2.24) is 9.80 Å². The van der Waals surface area contributed by atoms with Gasteiger partial charge in [0.25, 0.3) is 0 Å². The molecule has 5 nitrogen and oxygen atoms in total. The Morgan fingerprint density at radius 3 is 2.53 bits per heavy atom. The molecule has 1 aliphatic heterocycles. The third kappa shape index (κ3) is 6.57. The highest BCUT2D eigenvalue weighted by atomic mass is 19.1. The molecule has 1 heterocycles. The molecule has 0 bridgehead atoms. The van der Waals surface area contributed by atoms with Crippen molar-refractivity contribution in [3.8, 4) is 11.5 Å². The fourth-order valence-corrected chi connectivity index (χ4v) is 3.98. The average molecular weight is 441 g/mol. The molecule has 1 aliphatic rings. The number of carbonyl (C=O) groups excluding carboxylic acids is 1. The summed E-state index contributed by atoms with van der Waals surface area (Å²) < 4.78 is 23.8. The quantitative estimate of drug-likeness (QED) is 0.513. The Morgan fingerprint density at radius 1 is 1.06 bits per heavy atom. The first-order valence-electron chi connectivity index (χ1n) is 11.1. The van der Waals surface area contributed by atoms with Gasteiger partial charge in [-0.05, 0) is 80.7 Å². The van der Waals surface area contributed by atoms with Gasteiger partial charge in [0.05, 0.1) is 14.2 Å². The van der Waals surface area contributed by atoms with Gasteiger partial charge in [-0.25, -0.2) is 4.39 Å². The first-order valence-corrected chi connectivity index (χ1v) is 11.1. The van der Waals surface area contributed by atoms with Crippen LogP contribution in [-0.2, 0) is 11.2 Å². The summed E-state index contributed by atoms with van der Waals surface area (Å²) in [7, 11) is 5.40. The molecule has 0 spiro atoms. The van der Waals surface area contributed by atoms with Crippen molar-refractivity contribution in [2.75, 3.05) is 47.4 Å². The minimum absolute atomic E-state index is 0.105. The number of piperidine rings is 1. The van der Waals surface area contributed by atoms with E-state index in [0.717, 1.165) is 74.5 Å². The van der Waals surface area contributed by atoms with Gasteiger partial charge < -0.3 is 19.3 Å². The zero-order valence-corrected chi connectivity index (χ0v) is 19.3. The van der Waals surface area contributed by atoms with Gasteiger partial charge in [-0.1, -0.05) is 18.2 Å². The van der Waals surface area contributed by atoms with E-state index in [9.17, 15) is 9.18 Å². The fourth-order valence-electron chi connectivity index (χ4n) is 3.98. The lowest BCUT2D eigenvalue weighted by atomic mass is 10.0. The van der Waals surface area contributed by atoms with Crippen LogP contribution in [0.15, 0.2) is 48.0 Å². The Kier molecular flexibility index (Phi) is 8.68. The molecule has 0 aromatic heterocycles. The highest BCUT2D eigenvalue weighted by Crippen LogP contribution is 2.27. The summed E-state index contributed by atoms with van der Waals surface area (Å²) >= 11 is 0. The number of hydrogen-bond acceptors (Lipinski definition) is 4. The number of methoxy groups -OCH3 is 2. The molecular formula is C26H33FN2O3. The second kappa shape index (κ2) is 11.7. The summed E-state index contributed by atoms with van der Waals surface area (Å²) in [6.45, 7) is 3.41. The predicted molar refractivity (Wildman–Crippen MR) is 126 cm³/mol. The molecule has 6 heteroatoms. The normalized spacial score (nSPS) is 15.5. The Bertz CT molecular complexity index is 927. The predicted octanol–water partition coefficient (Wildman–Crippen LogP) is 4.41. The molecule has 2 aromatic carbocycles. The number of likely N-dealkylation sites (N-methyl/N-ethyl adjacent to an activating group) is 1. The minimum atomic E-state index is -0.265. The summed E-state index contributed by atoms with van der Waals surface area (Å²) in [4.78, 5) is 17.1. The summed E-state index contributed by atoms with van der Waals surface area (Å²) in [5, 5.41) is 0. The summed E-state index contributed by atoms with van der Waals surface area (Å²) in [6.07, 6.45) is 5.48. The van der Waals surface area contributed by atoms with Gasteiger partial charge in [0.1, 0.15) is 5.82 Å².